The van der Waals surface area contributed by atoms with Crippen LogP contribution >= 0.6 is 0 Å². The second-order valence-electron chi connectivity index (χ2n) is 7.93. The number of anilines is 1. The molecule has 1 heterocycles. The molecule has 1 fully saturated rings. The summed E-state index contributed by atoms with van der Waals surface area (Å²) < 4.78 is 0. The van der Waals surface area contributed by atoms with Gasteiger partial charge < -0.3 is 14.7 Å². The smallest absolute Gasteiger partial charge is 0.254 e. The Morgan fingerprint density at radius 1 is 1.04 bits per heavy atom. The van der Waals surface area contributed by atoms with Crippen LogP contribution in [0.25, 0.3) is 0 Å². The average Bonchev–Trinajstić information content (AvgIpc) is 2.67. The Bertz CT molecular complexity index is 767. The van der Waals surface area contributed by atoms with Gasteiger partial charge in [-0.1, -0.05) is 30.3 Å². The summed E-state index contributed by atoms with van der Waals surface area (Å²) in [5.74, 6) is 0.140. The minimum atomic E-state index is 0.140. The van der Waals surface area contributed by atoms with E-state index < -0.39 is 0 Å². The Hall–Kier alpha value is -2.33. The van der Waals surface area contributed by atoms with Crippen molar-refractivity contribution in [2.75, 3.05) is 39.6 Å². The van der Waals surface area contributed by atoms with Crippen molar-refractivity contribution in [3.05, 3.63) is 65.2 Å². The topological polar surface area (TPSA) is 26.8 Å². The van der Waals surface area contributed by atoms with Crippen molar-refractivity contribution in [1.29, 1.82) is 0 Å². The van der Waals surface area contributed by atoms with E-state index in [1.54, 1.807) is 0 Å². The SMILES string of the molecule is CN(C)Cc1ccc([C@@H]2CCCCN2C(=O)c2cccc(N(C)C)c2)cc1. The molecule has 144 valence electrons. The van der Waals surface area contributed by atoms with Gasteiger partial charge in [0.25, 0.3) is 5.91 Å². The van der Waals surface area contributed by atoms with E-state index in [2.05, 4.69) is 48.2 Å². The molecular weight excluding hydrogens is 334 g/mol. The Morgan fingerprint density at radius 3 is 2.44 bits per heavy atom. The van der Waals surface area contributed by atoms with Gasteiger partial charge in [-0.25, -0.2) is 0 Å². The number of carbonyl (C=O) groups is 1. The van der Waals surface area contributed by atoms with Crippen LogP contribution in [0, 0.1) is 0 Å². The van der Waals surface area contributed by atoms with Crippen molar-refractivity contribution in [1.82, 2.24) is 9.80 Å². The first-order valence-corrected chi connectivity index (χ1v) is 9.77. The predicted molar refractivity (Wildman–Crippen MR) is 112 cm³/mol. The van der Waals surface area contributed by atoms with Crippen molar-refractivity contribution in [2.45, 2.75) is 31.8 Å². The molecule has 1 amide bonds. The lowest BCUT2D eigenvalue weighted by molar-refractivity contribution is 0.0611. The lowest BCUT2D eigenvalue weighted by atomic mass is 9.93. The zero-order valence-electron chi connectivity index (χ0n) is 17.0. The summed E-state index contributed by atoms with van der Waals surface area (Å²) in [7, 11) is 8.17. The number of rotatable bonds is 5. The Balaban J connectivity index is 1.82. The molecule has 2 aromatic carbocycles. The molecule has 1 saturated heterocycles. The maximum atomic E-state index is 13.3. The standard InChI is InChI=1S/C23H31N3O/c1-24(2)17-18-11-13-19(14-12-18)22-10-5-6-15-26(22)23(27)20-8-7-9-21(16-20)25(3)4/h7-9,11-14,16,22H,5-6,10,15,17H2,1-4H3/t22-/m0/s1. The first-order valence-electron chi connectivity index (χ1n) is 9.77. The monoisotopic (exact) mass is 365 g/mol. The number of benzene rings is 2. The maximum absolute atomic E-state index is 13.3. The fourth-order valence-electron chi connectivity index (χ4n) is 3.81. The summed E-state index contributed by atoms with van der Waals surface area (Å²) in [5, 5.41) is 0. The largest absolute Gasteiger partial charge is 0.378 e. The number of likely N-dealkylation sites (tertiary alicyclic amines) is 1. The molecular formula is C23H31N3O. The molecule has 3 rings (SSSR count). The van der Waals surface area contributed by atoms with Crippen molar-refractivity contribution in [3.63, 3.8) is 0 Å². The number of nitrogens with zero attached hydrogens (tertiary/aromatic N) is 3. The zero-order valence-corrected chi connectivity index (χ0v) is 17.0. The fourth-order valence-corrected chi connectivity index (χ4v) is 3.81. The summed E-state index contributed by atoms with van der Waals surface area (Å²) in [4.78, 5) is 19.5. The van der Waals surface area contributed by atoms with E-state index in [0.29, 0.717) is 0 Å². The van der Waals surface area contributed by atoms with Crippen molar-refractivity contribution in [2.24, 2.45) is 0 Å². The van der Waals surface area contributed by atoms with Gasteiger partial charge in [0.15, 0.2) is 0 Å². The number of carbonyl (C=O) groups excluding carboxylic acids is 1. The van der Waals surface area contributed by atoms with Gasteiger partial charge in [-0.2, -0.15) is 0 Å². The summed E-state index contributed by atoms with van der Waals surface area (Å²) in [5.41, 5.74) is 4.38. The fraction of sp³-hybridized carbons (Fsp3) is 0.435. The van der Waals surface area contributed by atoms with Crippen LogP contribution in [0.1, 0.15) is 46.8 Å². The normalized spacial score (nSPS) is 17.2. The van der Waals surface area contributed by atoms with Gasteiger partial charge in [-0.15, -0.1) is 0 Å². The van der Waals surface area contributed by atoms with Gasteiger partial charge in [0, 0.05) is 38.4 Å². The minimum Gasteiger partial charge on any atom is -0.378 e. The van der Waals surface area contributed by atoms with Gasteiger partial charge in [-0.3, -0.25) is 4.79 Å². The molecule has 4 heteroatoms. The van der Waals surface area contributed by atoms with Crippen molar-refractivity contribution >= 4 is 11.6 Å². The molecule has 27 heavy (non-hydrogen) atoms. The van der Waals surface area contributed by atoms with Gasteiger partial charge in [-0.05, 0) is 62.7 Å². The van der Waals surface area contributed by atoms with E-state index in [-0.39, 0.29) is 11.9 Å². The highest BCUT2D eigenvalue weighted by Crippen LogP contribution is 2.32. The van der Waals surface area contributed by atoms with Crippen LogP contribution in [-0.2, 0) is 6.54 Å². The average molecular weight is 366 g/mol. The third kappa shape index (κ3) is 4.69. The lowest BCUT2D eigenvalue weighted by Gasteiger charge is -2.36. The molecule has 1 aliphatic rings. The molecule has 0 bridgehead atoms. The molecule has 0 spiro atoms. The van der Waals surface area contributed by atoms with Crippen LogP contribution in [0.4, 0.5) is 5.69 Å². The lowest BCUT2D eigenvalue weighted by Crippen LogP contribution is -2.38. The first-order chi connectivity index (χ1) is 13.0. The number of hydrogen-bond acceptors (Lipinski definition) is 3. The van der Waals surface area contributed by atoms with E-state index in [0.717, 1.165) is 37.2 Å². The molecule has 4 nitrogen and oxygen atoms in total. The van der Waals surface area contributed by atoms with E-state index in [9.17, 15) is 4.79 Å². The van der Waals surface area contributed by atoms with E-state index in [4.69, 9.17) is 0 Å². The third-order valence-corrected chi connectivity index (χ3v) is 5.24. The van der Waals surface area contributed by atoms with E-state index in [1.165, 1.54) is 17.5 Å². The minimum absolute atomic E-state index is 0.140. The molecule has 0 unspecified atom stereocenters. The molecule has 1 aliphatic heterocycles. The summed E-state index contributed by atoms with van der Waals surface area (Å²) in [6.07, 6.45) is 3.28. The van der Waals surface area contributed by atoms with E-state index >= 15 is 0 Å². The van der Waals surface area contributed by atoms with Crippen molar-refractivity contribution in [3.8, 4) is 0 Å². The molecule has 2 aromatic rings. The second-order valence-corrected chi connectivity index (χ2v) is 7.93. The molecule has 0 radical (unpaired) electrons. The number of piperidine rings is 1. The molecule has 0 N–H and O–H groups in total. The van der Waals surface area contributed by atoms with Gasteiger partial charge >= 0.3 is 0 Å². The van der Waals surface area contributed by atoms with Gasteiger partial charge in [0.1, 0.15) is 0 Å². The van der Waals surface area contributed by atoms with Crippen molar-refractivity contribution < 1.29 is 4.79 Å². The Morgan fingerprint density at radius 2 is 1.78 bits per heavy atom. The molecule has 0 aromatic heterocycles. The molecule has 0 aliphatic carbocycles. The highest BCUT2D eigenvalue weighted by molar-refractivity contribution is 5.95. The number of hydrogen-bond donors (Lipinski definition) is 0. The van der Waals surface area contributed by atoms with Crippen LogP contribution in [0.2, 0.25) is 0 Å². The first kappa shape index (κ1) is 19.4. The highest BCUT2D eigenvalue weighted by atomic mass is 16.2. The van der Waals surface area contributed by atoms with E-state index in [1.807, 2.05) is 43.3 Å². The quantitative estimate of drug-likeness (QED) is 0.795. The summed E-state index contributed by atoms with van der Waals surface area (Å²) in [6.45, 7) is 1.76. The zero-order chi connectivity index (χ0) is 19.4. The van der Waals surface area contributed by atoms with Crippen LogP contribution < -0.4 is 4.90 Å². The van der Waals surface area contributed by atoms with Crippen LogP contribution in [0.5, 0.6) is 0 Å². The number of amides is 1. The van der Waals surface area contributed by atoms with Gasteiger partial charge in [0.05, 0.1) is 6.04 Å². The molecule has 0 saturated carbocycles. The maximum Gasteiger partial charge on any atom is 0.254 e. The van der Waals surface area contributed by atoms with Crippen LogP contribution in [0.3, 0.4) is 0 Å². The Labute approximate surface area is 163 Å². The Kier molecular flexibility index (Phi) is 6.17. The second kappa shape index (κ2) is 8.57. The summed E-state index contributed by atoms with van der Waals surface area (Å²) in [6, 6.07) is 16.9. The predicted octanol–water partition coefficient (Wildman–Crippen LogP) is 4.18. The van der Waals surface area contributed by atoms with Crippen LogP contribution in [-0.4, -0.2) is 50.4 Å². The molecule has 1 atom stereocenters. The van der Waals surface area contributed by atoms with Crippen LogP contribution in [0.15, 0.2) is 48.5 Å². The van der Waals surface area contributed by atoms with Gasteiger partial charge in [0.2, 0.25) is 0 Å². The third-order valence-electron chi connectivity index (χ3n) is 5.24. The highest BCUT2D eigenvalue weighted by Gasteiger charge is 2.28. The summed E-state index contributed by atoms with van der Waals surface area (Å²) >= 11 is 0.